The largest absolute Gasteiger partial charge is 0.508 e. The maximum absolute atomic E-state index is 12.3. The first-order chi connectivity index (χ1) is 9.61. The highest BCUT2D eigenvalue weighted by Gasteiger charge is 2.25. The van der Waals surface area contributed by atoms with Crippen molar-refractivity contribution in [2.24, 2.45) is 0 Å². The molecule has 1 aliphatic carbocycles. The van der Waals surface area contributed by atoms with Crippen molar-refractivity contribution >= 4 is 5.78 Å². The Morgan fingerprint density at radius 1 is 1.25 bits per heavy atom. The molecule has 5 heteroatoms. The van der Waals surface area contributed by atoms with Gasteiger partial charge in [0.25, 0.3) is 0 Å². The Balaban J connectivity index is 2.07. The number of hydrogen-bond acceptors (Lipinski definition) is 5. The van der Waals surface area contributed by atoms with Crippen LogP contribution < -0.4 is 0 Å². The van der Waals surface area contributed by atoms with Crippen molar-refractivity contribution in [1.29, 1.82) is 0 Å². The van der Waals surface area contributed by atoms with Gasteiger partial charge in [0, 0.05) is 18.7 Å². The molecule has 1 saturated carbocycles. The van der Waals surface area contributed by atoms with Gasteiger partial charge in [0.05, 0.1) is 18.7 Å². The maximum Gasteiger partial charge on any atom is 0.180 e. The maximum atomic E-state index is 12.3. The fourth-order valence-electron chi connectivity index (χ4n) is 2.81. The number of aromatic hydroxyl groups is 2. The Morgan fingerprint density at radius 2 is 1.95 bits per heavy atom. The van der Waals surface area contributed by atoms with Gasteiger partial charge >= 0.3 is 0 Å². The number of rotatable bonds is 6. The van der Waals surface area contributed by atoms with Crippen molar-refractivity contribution in [2.75, 3.05) is 19.7 Å². The Hall–Kier alpha value is -1.59. The summed E-state index contributed by atoms with van der Waals surface area (Å²) in [5, 5.41) is 28.1. The third kappa shape index (κ3) is 3.49. The number of carbonyl (C=O) groups excluding carboxylic acids is 1. The quantitative estimate of drug-likeness (QED) is 0.688. The van der Waals surface area contributed by atoms with Gasteiger partial charge < -0.3 is 15.3 Å². The molecule has 20 heavy (non-hydrogen) atoms. The van der Waals surface area contributed by atoms with Crippen molar-refractivity contribution in [1.82, 2.24) is 4.90 Å². The lowest BCUT2D eigenvalue weighted by Crippen LogP contribution is -2.39. The zero-order valence-corrected chi connectivity index (χ0v) is 11.5. The number of phenolic OH excluding ortho intramolecular Hbond substituents is 2. The molecule has 1 aromatic rings. The van der Waals surface area contributed by atoms with Gasteiger partial charge in [-0.2, -0.15) is 0 Å². The Morgan fingerprint density at radius 3 is 2.55 bits per heavy atom. The highest BCUT2D eigenvalue weighted by atomic mass is 16.3. The van der Waals surface area contributed by atoms with Crippen LogP contribution in [0.4, 0.5) is 0 Å². The van der Waals surface area contributed by atoms with Gasteiger partial charge in [-0.05, 0) is 25.0 Å². The van der Waals surface area contributed by atoms with Crippen LogP contribution in [0.3, 0.4) is 0 Å². The molecule has 1 aromatic carbocycles. The van der Waals surface area contributed by atoms with E-state index in [2.05, 4.69) is 0 Å². The lowest BCUT2D eigenvalue weighted by Gasteiger charge is -2.27. The fraction of sp³-hybridized carbons (Fsp3) is 0.533. The predicted molar refractivity (Wildman–Crippen MR) is 75.0 cm³/mol. The summed E-state index contributed by atoms with van der Waals surface area (Å²) in [6.07, 6.45) is 4.42. The SMILES string of the molecule is O=C(CN(CCO)C1CCCC1)c1ccc(O)cc1O. The van der Waals surface area contributed by atoms with Crippen LogP contribution in [0.25, 0.3) is 0 Å². The molecule has 0 aromatic heterocycles. The number of aliphatic hydroxyl groups excluding tert-OH is 1. The zero-order chi connectivity index (χ0) is 14.5. The van der Waals surface area contributed by atoms with Gasteiger partial charge in [-0.1, -0.05) is 12.8 Å². The minimum atomic E-state index is -0.203. The van der Waals surface area contributed by atoms with E-state index in [0.717, 1.165) is 25.7 Å². The highest BCUT2D eigenvalue weighted by molar-refractivity contribution is 6.00. The van der Waals surface area contributed by atoms with Crippen LogP contribution in [0.1, 0.15) is 36.0 Å². The average molecular weight is 279 g/mol. The van der Waals surface area contributed by atoms with E-state index >= 15 is 0 Å². The molecule has 0 radical (unpaired) electrons. The van der Waals surface area contributed by atoms with Crippen molar-refractivity contribution in [3.63, 3.8) is 0 Å². The molecule has 0 amide bonds. The molecule has 5 nitrogen and oxygen atoms in total. The summed E-state index contributed by atoms with van der Waals surface area (Å²) in [5.74, 6) is -0.463. The lowest BCUT2D eigenvalue weighted by atomic mass is 10.1. The summed E-state index contributed by atoms with van der Waals surface area (Å²) < 4.78 is 0. The summed E-state index contributed by atoms with van der Waals surface area (Å²) in [6.45, 7) is 0.671. The van der Waals surface area contributed by atoms with Crippen LogP contribution in [-0.4, -0.2) is 51.7 Å². The topological polar surface area (TPSA) is 81.0 Å². The second kappa shape index (κ2) is 6.72. The number of benzene rings is 1. The van der Waals surface area contributed by atoms with Gasteiger partial charge in [-0.3, -0.25) is 9.69 Å². The van der Waals surface area contributed by atoms with Gasteiger partial charge in [-0.25, -0.2) is 0 Å². The van der Waals surface area contributed by atoms with Crippen LogP contribution in [0, 0.1) is 0 Å². The second-order valence-electron chi connectivity index (χ2n) is 5.26. The Labute approximate surface area is 118 Å². The van der Waals surface area contributed by atoms with Crippen LogP contribution >= 0.6 is 0 Å². The molecule has 1 fully saturated rings. The zero-order valence-electron chi connectivity index (χ0n) is 11.5. The molecule has 0 bridgehead atoms. The van der Waals surface area contributed by atoms with Crippen LogP contribution in [0.5, 0.6) is 11.5 Å². The van der Waals surface area contributed by atoms with E-state index in [4.69, 9.17) is 5.11 Å². The van der Waals surface area contributed by atoms with Gasteiger partial charge in [0.1, 0.15) is 11.5 Å². The van der Waals surface area contributed by atoms with Crippen molar-refractivity contribution in [2.45, 2.75) is 31.7 Å². The van der Waals surface area contributed by atoms with E-state index in [9.17, 15) is 15.0 Å². The minimum absolute atomic E-state index is 0.0192. The Kier molecular flexibility index (Phi) is 4.98. The van der Waals surface area contributed by atoms with Crippen LogP contribution in [0.15, 0.2) is 18.2 Å². The molecular formula is C15H21NO4. The van der Waals surface area contributed by atoms with Crippen molar-refractivity contribution in [3.05, 3.63) is 23.8 Å². The van der Waals surface area contributed by atoms with E-state index in [1.807, 2.05) is 4.90 Å². The van der Waals surface area contributed by atoms with E-state index in [1.165, 1.54) is 18.2 Å². The summed E-state index contributed by atoms with van der Waals surface area (Å²) in [5.41, 5.74) is 0.212. The summed E-state index contributed by atoms with van der Waals surface area (Å²) in [7, 11) is 0. The first kappa shape index (κ1) is 14.8. The fourth-order valence-corrected chi connectivity index (χ4v) is 2.81. The third-order valence-electron chi connectivity index (χ3n) is 3.86. The minimum Gasteiger partial charge on any atom is -0.508 e. The monoisotopic (exact) mass is 279 g/mol. The molecule has 3 N–H and O–H groups in total. The van der Waals surface area contributed by atoms with E-state index in [0.29, 0.717) is 12.6 Å². The first-order valence-corrected chi connectivity index (χ1v) is 7.02. The number of phenols is 2. The van der Waals surface area contributed by atoms with Gasteiger partial charge in [-0.15, -0.1) is 0 Å². The Bertz CT molecular complexity index is 469. The second-order valence-corrected chi connectivity index (χ2v) is 5.26. The van der Waals surface area contributed by atoms with E-state index in [-0.39, 0.29) is 36.0 Å². The predicted octanol–water partition coefficient (Wildman–Crippen LogP) is 1.52. The summed E-state index contributed by atoms with van der Waals surface area (Å²) in [4.78, 5) is 14.2. The van der Waals surface area contributed by atoms with Crippen molar-refractivity contribution in [3.8, 4) is 11.5 Å². The molecule has 0 heterocycles. The number of aliphatic hydroxyl groups is 1. The molecule has 0 aliphatic heterocycles. The van der Waals surface area contributed by atoms with Gasteiger partial charge in [0.2, 0.25) is 0 Å². The molecule has 1 aliphatic rings. The molecule has 2 rings (SSSR count). The van der Waals surface area contributed by atoms with Gasteiger partial charge in [0.15, 0.2) is 5.78 Å². The number of hydrogen-bond donors (Lipinski definition) is 3. The highest BCUT2D eigenvalue weighted by Crippen LogP contribution is 2.26. The number of carbonyl (C=O) groups is 1. The number of Topliss-reactive ketones (excluding diaryl/α,β-unsaturated/α-hetero) is 1. The lowest BCUT2D eigenvalue weighted by molar-refractivity contribution is 0.0860. The van der Waals surface area contributed by atoms with Crippen LogP contribution in [0.2, 0.25) is 0 Å². The standard InChI is InChI=1S/C15H21NO4/c17-8-7-16(11-3-1-2-4-11)10-15(20)13-6-5-12(18)9-14(13)19/h5-6,9,11,17-19H,1-4,7-8,10H2. The third-order valence-corrected chi connectivity index (χ3v) is 3.86. The summed E-state index contributed by atoms with van der Waals surface area (Å²) >= 11 is 0. The molecule has 0 atom stereocenters. The normalized spacial score (nSPS) is 15.9. The number of nitrogens with zero attached hydrogens (tertiary/aromatic N) is 1. The molecule has 0 unspecified atom stereocenters. The smallest absolute Gasteiger partial charge is 0.180 e. The number of ketones is 1. The average Bonchev–Trinajstić information content (AvgIpc) is 2.91. The first-order valence-electron chi connectivity index (χ1n) is 7.02. The van der Waals surface area contributed by atoms with Crippen molar-refractivity contribution < 1.29 is 20.1 Å². The van der Waals surface area contributed by atoms with E-state index in [1.54, 1.807) is 0 Å². The molecule has 110 valence electrons. The summed E-state index contributed by atoms with van der Waals surface area (Å²) in [6, 6.07) is 4.32. The molecule has 0 spiro atoms. The molecule has 0 saturated heterocycles. The van der Waals surface area contributed by atoms with E-state index < -0.39 is 0 Å². The molecular weight excluding hydrogens is 258 g/mol. The van der Waals surface area contributed by atoms with Crippen LogP contribution in [-0.2, 0) is 0 Å².